The molecule has 1 amide bonds. The first-order chi connectivity index (χ1) is 9.61. The van der Waals surface area contributed by atoms with Gasteiger partial charge in [-0.1, -0.05) is 12.8 Å². The molecule has 3 N–H and O–H groups in total. The Morgan fingerprint density at radius 3 is 2.85 bits per heavy atom. The third kappa shape index (κ3) is 3.48. The largest absolute Gasteiger partial charge is 0.491 e. The van der Waals surface area contributed by atoms with Crippen LogP contribution >= 0.6 is 0 Å². The molecular weight excluding hydrogens is 259 g/mol. The highest BCUT2D eigenvalue weighted by atomic mass is 19.1. The van der Waals surface area contributed by atoms with E-state index in [1.807, 2.05) is 0 Å². The van der Waals surface area contributed by atoms with Gasteiger partial charge in [0, 0.05) is 17.8 Å². The third-order valence-electron chi connectivity index (χ3n) is 3.66. The minimum absolute atomic E-state index is 0.101. The van der Waals surface area contributed by atoms with E-state index in [0.717, 1.165) is 25.7 Å². The molecule has 1 aromatic rings. The van der Waals surface area contributed by atoms with Crippen LogP contribution in [0.15, 0.2) is 18.2 Å². The van der Waals surface area contributed by atoms with E-state index in [1.165, 1.54) is 12.1 Å². The molecule has 5 heteroatoms. The molecule has 0 bridgehead atoms. The van der Waals surface area contributed by atoms with Gasteiger partial charge in [0.05, 0.1) is 12.5 Å². The molecular formula is C15H21FN2O2. The topological polar surface area (TPSA) is 64.3 Å². The fourth-order valence-corrected chi connectivity index (χ4v) is 2.57. The van der Waals surface area contributed by atoms with Gasteiger partial charge in [0.1, 0.15) is 0 Å². The van der Waals surface area contributed by atoms with E-state index in [0.29, 0.717) is 12.3 Å². The minimum Gasteiger partial charge on any atom is -0.491 e. The lowest BCUT2D eigenvalue weighted by Gasteiger charge is -2.27. The van der Waals surface area contributed by atoms with Crippen molar-refractivity contribution in [2.45, 2.75) is 38.6 Å². The van der Waals surface area contributed by atoms with Crippen molar-refractivity contribution in [3.05, 3.63) is 24.0 Å². The van der Waals surface area contributed by atoms with Gasteiger partial charge in [0.2, 0.25) is 5.91 Å². The smallest absolute Gasteiger partial charge is 0.229 e. The Hall–Kier alpha value is -1.62. The Labute approximate surface area is 118 Å². The molecule has 2 atom stereocenters. The molecule has 0 spiro atoms. The molecule has 0 saturated heterocycles. The standard InChI is InChI=1S/C15H21FN2O2/c1-2-20-14-8-7-10(9-12(14)16)18-15(19)11-5-3-4-6-13(11)17/h7-9,11,13H,2-6,17H2,1H3,(H,18,19). The Morgan fingerprint density at radius 2 is 2.20 bits per heavy atom. The highest BCUT2D eigenvalue weighted by Gasteiger charge is 2.28. The second kappa shape index (κ2) is 6.70. The van der Waals surface area contributed by atoms with Crippen molar-refractivity contribution in [3.8, 4) is 5.75 Å². The predicted molar refractivity (Wildman–Crippen MR) is 76.1 cm³/mol. The molecule has 1 fully saturated rings. The number of carbonyl (C=O) groups is 1. The monoisotopic (exact) mass is 280 g/mol. The van der Waals surface area contributed by atoms with Crippen LogP contribution in [-0.4, -0.2) is 18.6 Å². The molecule has 110 valence electrons. The van der Waals surface area contributed by atoms with Crippen LogP contribution in [0.1, 0.15) is 32.6 Å². The first kappa shape index (κ1) is 14.8. The van der Waals surface area contributed by atoms with Crippen LogP contribution in [0.25, 0.3) is 0 Å². The molecule has 0 heterocycles. The van der Waals surface area contributed by atoms with Crippen LogP contribution < -0.4 is 15.8 Å². The SMILES string of the molecule is CCOc1ccc(NC(=O)C2CCCCC2N)cc1F. The summed E-state index contributed by atoms with van der Waals surface area (Å²) in [5.41, 5.74) is 6.41. The summed E-state index contributed by atoms with van der Waals surface area (Å²) in [5.74, 6) is -0.586. The number of hydrogen-bond acceptors (Lipinski definition) is 3. The number of ether oxygens (including phenoxy) is 1. The summed E-state index contributed by atoms with van der Waals surface area (Å²) in [7, 11) is 0. The van der Waals surface area contributed by atoms with E-state index in [2.05, 4.69) is 5.32 Å². The molecule has 1 aliphatic rings. The van der Waals surface area contributed by atoms with E-state index in [-0.39, 0.29) is 23.6 Å². The number of hydrogen-bond donors (Lipinski definition) is 2. The van der Waals surface area contributed by atoms with Gasteiger partial charge in [0.25, 0.3) is 0 Å². The summed E-state index contributed by atoms with van der Waals surface area (Å²) in [6.07, 6.45) is 3.76. The number of nitrogens with two attached hydrogens (primary N) is 1. The number of carbonyl (C=O) groups excluding carboxylic acids is 1. The molecule has 1 aromatic carbocycles. The van der Waals surface area contributed by atoms with E-state index < -0.39 is 5.82 Å². The lowest BCUT2D eigenvalue weighted by molar-refractivity contribution is -0.121. The molecule has 1 aliphatic carbocycles. The average Bonchev–Trinajstić information content (AvgIpc) is 2.42. The molecule has 2 unspecified atom stereocenters. The van der Waals surface area contributed by atoms with Crippen LogP contribution in [0.3, 0.4) is 0 Å². The third-order valence-corrected chi connectivity index (χ3v) is 3.66. The van der Waals surface area contributed by atoms with Gasteiger partial charge in [-0.3, -0.25) is 4.79 Å². The Bertz CT molecular complexity index is 479. The van der Waals surface area contributed by atoms with E-state index >= 15 is 0 Å². The van der Waals surface area contributed by atoms with Crippen LogP contribution in [0.4, 0.5) is 10.1 Å². The minimum atomic E-state index is -0.474. The number of anilines is 1. The lowest BCUT2D eigenvalue weighted by Crippen LogP contribution is -2.40. The van der Waals surface area contributed by atoms with Gasteiger partial charge in [-0.05, 0) is 31.9 Å². The number of benzene rings is 1. The Morgan fingerprint density at radius 1 is 1.45 bits per heavy atom. The summed E-state index contributed by atoms with van der Waals surface area (Å²) in [5, 5.41) is 2.74. The predicted octanol–water partition coefficient (Wildman–Crippen LogP) is 2.68. The maximum atomic E-state index is 13.7. The molecule has 0 radical (unpaired) electrons. The van der Waals surface area contributed by atoms with Crippen LogP contribution in [0.2, 0.25) is 0 Å². The van der Waals surface area contributed by atoms with Crippen molar-refractivity contribution < 1.29 is 13.9 Å². The van der Waals surface area contributed by atoms with Crippen LogP contribution in [0.5, 0.6) is 5.75 Å². The maximum Gasteiger partial charge on any atom is 0.229 e. The van der Waals surface area contributed by atoms with Crippen molar-refractivity contribution in [2.75, 3.05) is 11.9 Å². The number of nitrogens with one attached hydrogen (secondary N) is 1. The van der Waals surface area contributed by atoms with Gasteiger partial charge in [-0.15, -0.1) is 0 Å². The normalized spacial score (nSPS) is 22.4. The zero-order valence-corrected chi connectivity index (χ0v) is 11.7. The first-order valence-corrected chi connectivity index (χ1v) is 7.10. The zero-order chi connectivity index (χ0) is 14.5. The van der Waals surface area contributed by atoms with E-state index in [1.54, 1.807) is 13.0 Å². The van der Waals surface area contributed by atoms with Crippen molar-refractivity contribution >= 4 is 11.6 Å². The summed E-state index contributed by atoms with van der Waals surface area (Å²) in [6.45, 7) is 2.19. The van der Waals surface area contributed by atoms with E-state index in [9.17, 15) is 9.18 Å². The summed E-state index contributed by atoms with van der Waals surface area (Å²) in [6, 6.07) is 4.34. The van der Waals surface area contributed by atoms with Gasteiger partial charge in [-0.25, -0.2) is 4.39 Å². The first-order valence-electron chi connectivity index (χ1n) is 7.10. The fourth-order valence-electron chi connectivity index (χ4n) is 2.57. The van der Waals surface area contributed by atoms with Gasteiger partial charge in [-0.2, -0.15) is 0 Å². The molecule has 2 rings (SSSR count). The Kier molecular flexibility index (Phi) is 4.95. The van der Waals surface area contributed by atoms with Crippen molar-refractivity contribution in [1.29, 1.82) is 0 Å². The van der Waals surface area contributed by atoms with E-state index in [4.69, 9.17) is 10.5 Å². The Balaban J connectivity index is 2.02. The second-order valence-electron chi connectivity index (χ2n) is 5.12. The highest BCUT2D eigenvalue weighted by Crippen LogP contribution is 2.26. The molecule has 0 aromatic heterocycles. The molecule has 0 aliphatic heterocycles. The van der Waals surface area contributed by atoms with Crippen molar-refractivity contribution in [1.82, 2.24) is 0 Å². The quantitative estimate of drug-likeness (QED) is 0.891. The number of rotatable bonds is 4. The van der Waals surface area contributed by atoms with Gasteiger partial charge >= 0.3 is 0 Å². The maximum absolute atomic E-state index is 13.7. The summed E-state index contributed by atoms with van der Waals surface area (Å²) in [4.78, 5) is 12.2. The van der Waals surface area contributed by atoms with Crippen molar-refractivity contribution in [2.24, 2.45) is 11.7 Å². The molecule has 4 nitrogen and oxygen atoms in total. The molecule has 20 heavy (non-hydrogen) atoms. The highest BCUT2D eigenvalue weighted by molar-refractivity contribution is 5.93. The summed E-state index contributed by atoms with van der Waals surface area (Å²) < 4.78 is 18.8. The average molecular weight is 280 g/mol. The fraction of sp³-hybridized carbons (Fsp3) is 0.533. The number of amides is 1. The molecule has 1 saturated carbocycles. The summed E-state index contributed by atoms with van der Waals surface area (Å²) >= 11 is 0. The lowest BCUT2D eigenvalue weighted by atomic mass is 9.84. The van der Waals surface area contributed by atoms with Gasteiger partial charge in [0.15, 0.2) is 11.6 Å². The van der Waals surface area contributed by atoms with Crippen LogP contribution in [-0.2, 0) is 4.79 Å². The van der Waals surface area contributed by atoms with Crippen molar-refractivity contribution in [3.63, 3.8) is 0 Å². The van der Waals surface area contributed by atoms with Crippen LogP contribution in [0, 0.1) is 11.7 Å². The second-order valence-corrected chi connectivity index (χ2v) is 5.12. The van der Waals surface area contributed by atoms with Gasteiger partial charge < -0.3 is 15.8 Å². The zero-order valence-electron chi connectivity index (χ0n) is 11.7. The number of halogens is 1.